The number of benzene rings is 1. The largest absolute Gasteiger partial charge is 0.384 e. The molecule has 0 unspecified atom stereocenters. The van der Waals surface area contributed by atoms with Gasteiger partial charge < -0.3 is 5.73 Å². The molecule has 0 spiro atoms. The molecule has 1 aromatic carbocycles. The van der Waals surface area contributed by atoms with E-state index in [1.54, 1.807) is 7.05 Å². The molecule has 0 amide bonds. The summed E-state index contributed by atoms with van der Waals surface area (Å²) in [5.74, 6) is -1.01. The summed E-state index contributed by atoms with van der Waals surface area (Å²) >= 11 is 3.01. The van der Waals surface area contributed by atoms with Crippen molar-refractivity contribution in [2.24, 2.45) is 7.05 Å². The Labute approximate surface area is 99.0 Å². The third kappa shape index (κ3) is 1.80. The van der Waals surface area contributed by atoms with Crippen LogP contribution in [0.1, 0.15) is 0 Å². The Morgan fingerprint density at radius 1 is 1.25 bits per heavy atom. The van der Waals surface area contributed by atoms with Crippen LogP contribution in [0.2, 0.25) is 0 Å². The first-order valence-electron chi connectivity index (χ1n) is 4.43. The maximum Gasteiger partial charge on any atom is 0.136 e. The number of nitrogens with two attached hydrogens (primary N) is 1. The van der Waals surface area contributed by atoms with Crippen LogP contribution in [-0.2, 0) is 7.05 Å². The number of hydrogen-bond donors (Lipinski definition) is 1. The number of aryl methyl sites for hydroxylation is 1. The summed E-state index contributed by atoms with van der Waals surface area (Å²) < 4.78 is 28.9. The summed E-state index contributed by atoms with van der Waals surface area (Å²) in [6.07, 6.45) is 0. The Kier molecular flexibility index (Phi) is 2.67. The molecule has 6 heteroatoms. The van der Waals surface area contributed by atoms with Gasteiger partial charge in [0.15, 0.2) is 0 Å². The van der Waals surface area contributed by atoms with Gasteiger partial charge in [0.25, 0.3) is 0 Å². The van der Waals surface area contributed by atoms with Gasteiger partial charge in [-0.1, -0.05) is 15.9 Å². The van der Waals surface area contributed by atoms with Crippen molar-refractivity contribution in [3.8, 4) is 11.3 Å². The van der Waals surface area contributed by atoms with E-state index in [1.165, 1.54) is 22.9 Å². The molecule has 0 saturated carbocycles. The molecule has 0 fully saturated rings. The maximum atomic E-state index is 13.6. The lowest BCUT2D eigenvalue weighted by molar-refractivity contribution is 0.586. The Morgan fingerprint density at radius 3 is 2.25 bits per heavy atom. The van der Waals surface area contributed by atoms with Gasteiger partial charge in [-0.2, -0.15) is 5.10 Å². The Bertz CT molecular complexity index is 508. The van der Waals surface area contributed by atoms with Gasteiger partial charge in [-0.05, 0) is 12.1 Å². The van der Waals surface area contributed by atoms with Crippen LogP contribution in [0.4, 0.5) is 14.6 Å². The molecule has 0 aliphatic heterocycles. The van der Waals surface area contributed by atoms with E-state index in [2.05, 4.69) is 21.0 Å². The zero-order valence-corrected chi connectivity index (χ0v) is 9.92. The number of halogens is 3. The van der Waals surface area contributed by atoms with Gasteiger partial charge in [0, 0.05) is 17.6 Å². The van der Waals surface area contributed by atoms with Crippen LogP contribution in [0.25, 0.3) is 11.3 Å². The minimum atomic E-state index is -0.676. The van der Waals surface area contributed by atoms with E-state index in [9.17, 15) is 8.78 Å². The first-order chi connectivity index (χ1) is 7.49. The van der Waals surface area contributed by atoms with Crippen LogP contribution >= 0.6 is 15.9 Å². The molecule has 0 atom stereocenters. The van der Waals surface area contributed by atoms with Crippen LogP contribution < -0.4 is 5.73 Å². The molecular formula is C10H8BrF2N3. The smallest absolute Gasteiger partial charge is 0.136 e. The summed E-state index contributed by atoms with van der Waals surface area (Å²) in [5, 5.41) is 3.93. The second-order valence-corrected chi connectivity index (χ2v) is 4.24. The molecule has 84 valence electrons. The zero-order valence-electron chi connectivity index (χ0n) is 8.34. The van der Waals surface area contributed by atoms with Gasteiger partial charge in [-0.25, -0.2) is 8.78 Å². The number of rotatable bonds is 1. The summed E-state index contributed by atoms with van der Waals surface area (Å²) in [6.45, 7) is 0. The second kappa shape index (κ2) is 3.86. The third-order valence-corrected chi connectivity index (χ3v) is 2.64. The molecule has 2 aromatic rings. The number of hydrogen-bond acceptors (Lipinski definition) is 2. The monoisotopic (exact) mass is 287 g/mol. The number of nitrogen functional groups attached to an aromatic ring is 1. The molecule has 2 N–H and O–H groups in total. The van der Waals surface area contributed by atoms with Gasteiger partial charge >= 0.3 is 0 Å². The van der Waals surface area contributed by atoms with Crippen molar-refractivity contribution in [1.29, 1.82) is 0 Å². The maximum absolute atomic E-state index is 13.6. The lowest BCUT2D eigenvalue weighted by atomic mass is 10.1. The van der Waals surface area contributed by atoms with Crippen LogP contribution in [0.15, 0.2) is 22.7 Å². The second-order valence-electron chi connectivity index (χ2n) is 3.32. The zero-order chi connectivity index (χ0) is 11.9. The van der Waals surface area contributed by atoms with Crippen molar-refractivity contribution in [3.05, 3.63) is 34.3 Å². The third-order valence-electron chi connectivity index (χ3n) is 2.18. The minimum absolute atomic E-state index is 0.171. The lowest BCUT2D eigenvalue weighted by Gasteiger charge is -2.02. The standard InChI is InChI=1S/C10H8BrF2N3/c1-16-9(14)4-8(15-16)10-6(12)2-5(11)3-7(10)13/h2-4H,14H2,1H3. The summed E-state index contributed by atoms with van der Waals surface area (Å²) in [4.78, 5) is 0. The molecule has 0 aliphatic carbocycles. The molecule has 3 nitrogen and oxygen atoms in total. The highest BCUT2D eigenvalue weighted by Crippen LogP contribution is 2.28. The van der Waals surface area contributed by atoms with Gasteiger partial charge in [0.05, 0.1) is 5.56 Å². The number of aromatic nitrogens is 2. The fourth-order valence-electron chi connectivity index (χ4n) is 1.39. The SMILES string of the molecule is Cn1nc(-c2c(F)cc(Br)cc2F)cc1N. The summed E-state index contributed by atoms with van der Waals surface area (Å²) in [6, 6.07) is 3.79. The van der Waals surface area contributed by atoms with Crippen molar-refractivity contribution >= 4 is 21.7 Å². The molecular weight excluding hydrogens is 280 g/mol. The van der Waals surface area contributed by atoms with E-state index in [-0.39, 0.29) is 11.3 Å². The fraction of sp³-hybridized carbons (Fsp3) is 0.100. The molecule has 16 heavy (non-hydrogen) atoms. The highest BCUT2D eigenvalue weighted by Gasteiger charge is 2.16. The van der Waals surface area contributed by atoms with Gasteiger partial charge in [-0.3, -0.25) is 4.68 Å². The van der Waals surface area contributed by atoms with Gasteiger partial charge in [-0.15, -0.1) is 0 Å². The van der Waals surface area contributed by atoms with Crippen LogP contribution in [-0.4, -0.2) is 9.78 Å². The minimum Gasteiger partial charge on any atom is -0.384 e. The highest BCUT2D eigenvalue weighted by atomic mass is 79.9. The van der Waals surface area contributed by atoms with Crippen molar-refractivity contribution in [2.75, 3.05) is 5.73 Å². The van der Waals surface area contributed by atoms with E-state index >= 15 is 0 Å². The van der Waals surface area contributed by atoms with Crippen LogP contribution in [0, 0.1) is 11.6 Å². The quantitative estimate of drug-likeness (QED) is 0.876. The van der Waals surface area contributed by atoms with Crippen LogP contribution in [0.5, 0.6) is 0 Å². The fourth-order valence-corrected chi connectivity index (χ4v) is 1.79. The van der Waals surface area contributed by atoms with Gasteiger partial charge in [0.1, 0.15) is 23.1 Å². The molecule has 2 rings (SSSR count). The molecule has 0 bridgehead atoms. The predicted molar refractivity (Wildman–Crippen MR) is 60.7 cm³/mol. The van der Waals surface area contributed by atoms with E-state index in [1.807, 2.05) is 0 Å². The summed E-state index contributed by atoms with van der Waals surface area (Å²) in [5.41, 5.74) is 5.57. The van der Waals surface area contributed by atoms with Crippen LogP contribution in [0.3, 0.4) is 0 Å². The topological polar surface area (TPSA) is 43.8 Å². The molecule has 0 aliphatic rings. The Morgan fingerprint density at radius 2 is 1.81 bits per heavy atom. The lowest BCUT2D eigenvalue weighted by Crippen LogP contribution is -1.97. The van der Waals surface area contributed by atoms with Crippen molar-refractivity contribution in [1.82, 2.24) is 9.78 Å². The summed E-state index contributed by atoms with van der Waals surface area (Å²) in [7, 11) is 1.60. The molecule has 0 saturated heterocycles. The van der Waals surface area contributed by atoms with E-state index in [0.717, 1.165) is 0 Å². The van der Waals surface area contributed by atoms with E-state index < -0.39 is 11.6 Å². The number of anilines is 1. The Balaban J connectivity index is 2.64. The Hall–Kier alpha value is -1.43. The first-order valence-corrected chi connectivity index (χ1v) is 5.23. The average molecular weight is 288 g/mol. The van der Waals surface area contributed by atoms with E-state index in [0.29, 0.717) is 10.3 Å². The van der Waals surface area contributed by atoms with Crippen molar-refractivity contribution in [2.45, 2.75) is 0 Å². The highest BCUT2D eigenvalue weighted by molar-refractivity contribution is 9.10. The molecule has 0 radical (unpaired) electrons. The first kappa shape index (κ1) is 11.1. The average Bonchev–Trinajstić information content (AvgIpc) is 2.44. The number of nitrogens with zero attached hydrogens (tertiary/aromatic N) is 2. The molecule has 1 heterocycles. The van der Waals surface area contributed by atoms with Crippen molar-refractivity contribution in [3.63, 3.8) is 0 Å². The molecule has 1 aromatic heterocycles. The van der Waals surface area contributed by atoms with Gasteiger partial charge in [0.2, 0.25) is 0 Å². The van der Waals surface area contributed by atoms with Crippen molar-refractivity contribution < 1.29 is 8.78 Å². The predicted octanol–water partition coefficient (Wildman–Crippen LogP) is 2.71. The van der Waals surface area contributed by atoms with E-state index in [4.69, 9.17) is 5.73 Å². The normalized spacial score (nSPS) is 10.8.